The predicted molar refractivity (Wildman–Crippen MR) is 92.4 cm³/mol. The molecule has 0 saturated heterocycles. The van der Waals surface area contributed by atoms with Crippen LogP contribution in [-0.4, -0.2) is 11.5 Å². The molecule has 2 aromatic rings. The molecule has 0 atom stereocenters. The van der Waals surface area contributed by atoms with Crippen LogP contribution in [0.4, 0.5) is 5.69 Å². The van der Waals surface area contributed by atoms with Crippen molar-refractivity contribution in [1.82, 2.24) is 5.43 Å². The van der Waals surface area contributed by atoms with E-state index >= 15 is 0 Å². The van der Waals surface area contributed by atoms with Gasteiger partial charge in [-0.25, -0.2) is 0 Å². The molecule has 2 aromatic carbocycles. The highest BCUT2D eigenvalue weighted by Gasteiger charge is 2.22. The van der Waals surface area contributed by atoms with Gasteiger partial charge in [-0.1, -0.05) is 6.08 Å². The summed E-state index contributed by atoms with van der Waals surface area (Å²) in [5.41, 5.74) is 7.80. The predicted octanol–water partition coefficient (Wildman–Crippen LogP) is 3.50. The Morgan fingerprint density at radius 3 is 2.62 bits per heavy atom. The number of hydrazine groups is 1. The van der Waals surface area contributed by atoms with E-state index in [2.05, 4.69) is 10.9 Å². The lowest BCUT2D eigenvalue weighted by atomic mass is 10.0. The van der Waals surface area contributed by atoms with Gasteiger partial charge < -0.3 is 4.74 Å². The SMILES string of the molecule is CC1(C)C=Cc2cc(C(=O)NNc3ccc(C#N)cc3)ccc2O1. The highest BCUT2D eigenvalue weighted by Crippen LogP contribution is 2.31. The van der Waals surface area contributed by atoms with E-state index in [-0.39, 0.29) is 11.5 Å². The normalized spacial score (nSPS) is 14.0. The first-order chi connectivity index (χ1) is 11.5. The average molecular weight is 319 g/mol. The topological polar surface area (TPSA) is 74.2 Å². The van der Waals surface area contributed by atoms with Gasteiger partial charge in [-0.05, 0) is 62.4 Å². The average Bonchev–Trinajstić information content (AvgIpc) is 2.59. The van der Waals surface area contributed by atoms with Crippen molar-refractivity contribution in [3.63, 3.8) is 0 Å². The maximum atomic E-state index is 12.3. The molecule has 5 nitrogen and oxygen atoms in total. The number of carbonyl (C=O) groups excluding carboxylic acids is 1. The molecule has 1 aliphatic heterocycles. The van der Waals surface area contributed by atoms with Gasteiger partial charge >= 0.3 is 0 Å². The molecule has 24 heavy (non-hydrogen) atoms. The number of nitrogens with zero attached hydrogens (tertiary/aromatic N) is 1. The molecule has 3 rings (SSSR count). The lowest BCUT2D eigenvalue weighted by Gasteiger charge is -2.27. The quantitative estimate of drug-likeness (QED) is 0.849. The second-order valence-corrected chi connectivity index (χ2v) is 6.06. The maximum absolute atomic E-state index is 12.3. The fraction of sp³-hybridized carbons (Fsp3) is 0.158. The molecule has 0 unspecified atom stereocenters. The molecule has 0 aliphatic carbocycles. The first kappa shape index (κ1) is 15.6. The van der Waals surface area contributed by atoms with Crippen LogP contribution in [0.5, 0.6) is 5.75 Å². The minimum Gasteiger partial charge on any atom is -0.483 e. The number of amides is 1. The summed E-state index contributed by atoms with van der Waals surface area (Å²) < 4.78 is 5.84. The van der Waals surface area contributed by atoms with Crippen molar-refractivity contribution in [2.45, 2.75) is 19.4 Å². The number of hydrogen-bond donors (Lipinski definition) is 2. The Kier molecular flexibility index (Phi) is 3.97. The molecule has 0 aromatic heterocycles. The zero-order valence-corrected chi connectivity index (χ0v) is 13.5. The third-order valence-corrected chi connectivity index (χ3v) is 3.64. The van der Waals surface area contributed by atoms with Gasteiger partial charge in [0.15, 0.2) is 0 Å². The van der Waals surface area contributed by atoms with Crippen LogP contribution >= 0.6 is 0 Å². The Labute approximate surface area is 140 Å². The minimum absolute atomic E-state index is 0.250. The molecule has 120 valence electrons. The lowest BCUT2D eigenvalue weighted by molar-refractivity contribution is 0.0962. The summed E-state index contributed by atoms with van der Waals surface area (Å²) in [5, 5.41) is 8.77. The largest absolute Gasteiger partial charge is 0.483 e. The van der Waals surface area contributed by atoms with Gasteiger partial charge in [0.1, 0.15) is 11.4 Å². The van der Waals surface area contributed by atoms with Crippen LogP contribution in [0, 0.1) is 11.3 Å². The number of carbonyl (C=O) groups is 1. The number of benzene rings is 2. The van der Waals surface area contributed by atoms with E-state index in [0.717, 1.165) is 11.3 Å². The number of nitriles is 1. The fourth-order valence-corrected chi connectivity index (χ4v) is 2.35. The molecule has 0 radical (unpaired) electrons. The van der Waals surface area contributed by atoms with E-state index in [9.17, 15) is 4.79 Å². The molecule has 2 N–H and O–H groups in total. The van der Waals surface area contributed by atoms with Gasteiger partial charge in [-0.2, -0.15) is 5.26 Å². The molecule has 1 aliphatic rings. The number of hydrogen-bond acceptors (Lipinski definition) is 4. The van der Waals surface area contributed by atoms with Gasteiger partial charge in [0.2, 0.25) is 0 Å². The van der Waals surface area contributed by atoms with Gasteiger partial charge in [-0.15, -0.1) is 0 Å². The van der Waals surface area contributed by atoms with Crippen molar-refractivity contribution >= 4 is 17.7 Å². The third-order valence-electron chi connectivity index (χ3n) is 3.64. The smallest absolute Gasteiger partial charge is 0.269 e. The summed E-state index contributed by atoms with van der Waals surface area (Å²) in [5.74, 6) is 0.513. The number of nitrogens with one attached hydrogen (secondary N) is 2. The van der Waals surface area contributed by atoms with Gasteiger partial charge in [-0.3, -0.25) is 15.6 Å². The van der Waals surface area contributed by atoms with Crippen LogP contribution in [0.15, 0.2) is 48.5 Å². The van der Waals surface area contributed by atoms with Gasteiger partial charge in [0, 0.05) is 11.1 Å². The Morgan fingerprint density at radius 1 is 1.17 bits per heavy atom. The van der Waals surface area contributed by atoms with E-state index in [4.69, 9.17) is 10.00 Å². The van der Waals surface area contributed by atoms with Crippen molar-refractivity contribution in [3.8, 4) is 11.8 Å². The Morgan fingerprint density at radius 2 is 1.92 bits per heavy atom. The van der Waals surface area contributed by atoms with Crippen LogP contribution < -0.4 is 15.6 Å². The van der Waals surface area contributed by atoms with Crippen molar-refractivity contribution in [3.05, 3.63) is 65.2 Å². The van der Waals surface area contributed by atoms with E-state index in [1.54, 1.807) is 42.5 Å². The van der Waals surface area contributed by atoms with E-state index in [1.165, 1.54) is 0 Å². The molecule has 1 heterocycles. The Hall–Kier alpha value is -3.26. The Bertz CT molecular complexity index is 846. The van der Waals surface area contributed by atoms with Gasteiger partial charge in [0.05, 0.1) is 17.3 Å². The molecule has 0 saturated carbocycles. The number of fused-ring (bicyclic) bond motifs is 1. The van der Waals surface area contributed by atoms with Crippen molar-refractivity contribution in [2.24, 2.45) is 0 Å². The Balaban J connectivity index is 1.68. The van der Waals surface area contributed by atoms with E-state index in [0.29, 0.717) is 16.8 Å². The summed E-state index contributed by atoms with van der Waals surface area (Å²) in [6, 6.07) is 14.2. The van der Waals surface area contributed by atoms with Crippen molar-refractivity contribution in [2.75, 3.05) is 5.43 Å². The molecule has 0 fully saturated rings. The standard InChI is InChI=1S/C19H17N3O2/c1-19(2)10-9-14-11-15(5-8-17(14)24-19)18(23)22-21-16-6-3-13(12-20)4-7-16/h3-11,21H,1-2H3,(H,22,23). The second-order valence-electron chi connectivity index (χ2n) is 6.06. The number of rotatable bonds is 3. The first-order valence-corrected chi connectivity index (χ1v) is 7.56. The first-order valence-electron chi connectivity index (χ1n) is 7.56. The van der Waals surface area contributed by atoms with Gasteiger partial charge in [0.25, 0.3) is 5.91 Å². The number of ether oxygens (including phenoxy) is 1. The molecular formula is C19H17N3O2. The minimum atomic E-state index is -0.339. The maximum Gasteiger partial charge on any atom is 0.269 e. The lowest BCUT2D eigenvalue weighted by Crippen LogP contribution is -2.30. The summed E-state index contributed by atoms with van der Waals surface area (Å²) in [4.78, 5) is 12.3. The van der Waals surface area contributed by atoms with Crippen LogP contribution in [0.3, 0.4) is 0 Å². The van der Waals surface area contributed by atoms with Crippen LogP contribution in [0.25, 0.3) is 6.08 Å². The van der Waals surface area contributed by atoms with E-state index in [1.807, 2.05) is 32.1 Å². The molecule has 0 bridgehead atoms. The zero-order valence-electron chi connectivity index (χ0n) is 13.5. The van der Waals surface area contributed by atoms with Crippen LogP contribution in [0.2, 0.25) is 0 Å². The van der Waals surface area contributed by atoms with Crippen molar-refractivity contribution in [1.29, 1.82) is 5.26 Å². The molecule has 1 amide bonds. The van der Waals surface area contributed by atoms with Crippen LogP contribution in [0.1, 0.15) is 35.3 Å². The summed E-state index contributed by atoms with van der Waals surface area (Å²) >= 11 is 0. The fourth-order valence-electron chi connectivity index (χ4n) is 2.35. The second kappa shape index (κ2) is 6.09. The molecule has 5 heteroatoms. The summed E-state index contributed by atoms with van der Waals surface area (Å²) in [6.45, 7) is 3.96. The van der Waals surface area contributed by atoms with Crippen molar-refractivity contribution < 1.29 is 9.53 Å². The van der Waals surface area contributed by atoms with E-state index < -0.39 is 0 Å². The number of anilines is 1. The summed E-state index contributed by atoms with van der Waals surface area (Å²) in [7, 11) is 0. The zero-order chi connectivity index (χ0) is 17.2. The molecule has 0 spiro atoms. The molecular weight excluding hydrogens is 302 g/mol. The highest BCUT2D eigenvalue weighted by molar-refractivity contribution is 5.95. The third kappa shape index (κ3) is 3.39. The van der Waals surface area contributed by atoms with Crippen LogP contribution in [-0.2, 0) is 0 Å². The summed E-state index contributed by atoms with van der Waals surface area (Å²) in [6.07, 6.45) is 3.93. The monoisotopic (exact) mass is 319 g/mol. The highest BCUT2D eigenvalue weighted by atomic mass is 16.5.